The Morgan fingerprint density at radius 2 is 1.91 bits per heavy atom. The van der Waals surface area contributed by atoms with E-state index in [0.29, 0.717) is 24.5 Å². The molecule has 4 rings (SSSR count). The first kappa shape index (κ1) is 13.9. The molecule has 0 bridgehead atoms. The average Bonchev–Trinajstić information content (AvgIpc) is 3.21. The molecule has 2 aromatic rings. The molecule has 2 heterocycles. The lowest BCUT2D eigenvalue weighted by molar-refractivity contribution is 0.102. The minimum atomic E-state index is -0.157. The predicted molar refractivity (Wildman–Crippen MR) is 85.8 cm³/mol. The fourth-order valence-electron chi connectivity index (χ4n) is 3.09. The lowest BCUT2D eigenvalue weighted by atomic mass is 9.99. The third-order valence-corrected chi connectivity index (χ3v) is 4.23. The van der Waals surface area contributed by atoms with Crippen LogP contribution in [0.5, 0.6) is 17.2 Å². The largest absolute Gasteiger partial charge is 0.497 e. The Morgan fingerprint density at radius 3 is 2.70 bits per heavy atom. The van der Waals surface area contributed by atoms with Gasteiger partial charge in [0.15, 0.2) is 0 Å². The number of anilines is 1. The maximum Gasteiger partial charge on any atom is 0.259 e. The van der Waals surface area contributed by atoms with Gasteiger partial charge in [-0.25, -0.2) is 0 Å². The Morgan fingerprint density at radius 1 is 1.13 bits per heavy atom. The third-order valence-electron chi connectivity index (χ3n) is 4.23. The van der Waals surface area contributed by atoms with Crippen LogP contribution in [0.3, 0.4) is 0 Å². The van der Waals surface area contributed by atoms with Crippen LogP contribution in [0.2, 0.25) is 0 Å². The van der Waals surface area contributed by atoms with Crippen LogP contribution in [0.25, 0.3) is 0 Å². The molecular formula is C18H17NO4. The Labute approximate surface area is 134 Å². The van der Waals surface area contributed by atoms with Crippen LogP contribution in [-0.2, 0) is 12.8 Å². The molecule has 0 saturated heterocycles. The van der Waals surface area contributed by atoms with E-state index in [1.54, 1.807) is 7.11 Å². The number of carbonyl (C=O) groups excluding carboxylic acids is 1. The SMILES string of the molecule is COc1ccc(NC(=O)c2c3c(cc4c2OCC4)OCC3)cc1. The number of rotatable bonds is 3. The van der Waals surface area contributed by atoms with Gasteiger partial charge in [0.05, 0.1) is 25.9 Å². The first-order chi connectivity index (χ1) is 11.3. The molecule has 0 fully saturated rings. The molecule has 0 aromatic heterocycles. The van der Waals surface area contributed by atoms with Gasteiger partial charge in [0.1, 0.15) is 17.2 Å². The van der Waals surface area contributed by atoms with Gasteiger partial charge in [-0.1, -0.05) is 0 Å². The summed E-state index contributed by atoms with van der Waals surface area (Å²) in [7, 11) is 1.61. The summed E-state index contributed by atoms with van der Waals surface area (Å²) in [5.74, 6) is 2.12. The summed E-state index contributed by atoms with van der Waals surface area (Å²) >= 11 is 0. The Kier molecular flexibility index (Phi) is 3.33. The van der Waals surface area contributed by atoms with Gasteiger partial charge in [-0.15, -0.1) is 0 Å². The van der Waals surface area contributed by atoms with Crippen LogP contribution in [0.1, 0.15) is 21.5 Å². The van der Waals surface area contributed by atoms with Crippen molar-refractivity contribution in [1.29, 1.82) is 0 Å². The Bertz CT molecular complexity index is 735. The molecule has 0 atom stereocenters. The number of benzene rings is 2. The van der Waals surface area contributed by atoms with E-state index < -0.39 is 0 Å². The van der Waals surface area contributed by atoms with E-state index in [2.05, 4.69) is 5.32 Å². The zero-order valence-electron chi connectivity index (χ0n) is 12.8. The summed E-state index contributed by atoms with van der Waals surface area (Å²) in [6.45, 7) is 1.22. The van der Waals surface area contributed by atoms with Crippen LogP contribution >= 0.6 is 0 Å². The van der Waals surface area contributed by atoms with E-state index >= 15 is 0 Å². The second kappa shape index (κ2) is 5.50. The highest BCUT2D eigenvalue weighted by Gasteiger charge is 2.30. The standard InChI is InChI=1S/C18H17NO4/c1-21-13-4-2-12(3-5-13)19-18(20)16-14-7-9-22-15(14)10-11-6-8-23-17(11)16/h2-5,10H,6-9H2,1H3,(H,19,20). The van der Waals surface area contributed by atoms with Gasteiger partial charge in [-0.3, -0.25) is 4.79 Å². The van der Waals surface area contributed by atoms with Crippen molar-refractivity contribution in [2.45, 2.75) is 12.8 Å². The first-order valence-corrected chi connectivity index (χ1v) is 7.66. The summed E-state index contributed by atoms with van der Waals surface area (Å²) in [5.41, 5.74) is 3.32. The van der Waals surface area contributed by atoms with E-state index in [9.17, 15) is 4.79 Å². The maximum atomic E-state index is 12.8. The monoisotopic (exact) mass is 311 g/mol. The van der Waals surface area contributed by atoms with Gasteiger partial charge in [0.2, 0.25) is 0 Å². The second-order valence-electron chi connectivity index (χ2n) is 5.60. The summed E-state index contributed by atoms with van der Waals surface area (Å²) in [6, 6.07) is 9.27. The van der Waals surface area contributed by atoms with E-state index in [4.69, 9.17) is 14.2 Å². The fourth-order valence-corrected chi connectivity index (χ4v) is 3.09. The molecule has 2 aromatic carbocycles. The molecule has 23 heavy (non-hydrogen) atoms. The lowest BCUT2D eigenvalue weighted by Crippen LogP contribution is -2.15. The van der Waals surface area contributed by atoms with Crippen molar-refractivity contribution in [1.82, 2.24) is 0 Å². The highest BCUT2D eigenvalue weighted by molar-refractivity contribution is 6.08. The number of nitrogens with one attached hydrogen (secondary N) is 1. The third kappa shape index (κ3) is 2.38. The summed E-state index contributed by atoms with van der Waals surface area (Å²) < 4.78 is 16.5. The molecule has 0 saturated carbocycles. The van der Waals surface area contributed by atoms with Crippen molar-refractivity contribution >= 4 is 11.6 Å². The second-order valence-corrected chi connectivity index (χ2v) is 5.60. The highest BCUT2D eigenvalue weighted by atomic mass is 16.5. The summed E-state index contributed by atoms with van der Waals surface area (Å²) in [5, 5.41) is 2.94. The Balaban J connectivity index is 1.68. The number of amides is 1. The van der Waals surface area contributed by atoms with E-state index in [1.807, 2.05) is 30.3 Å². The summed E-state index contributed by atoms with van der Waals surface area (Å²) in [4.78, 5) is 12.8. The number of methoxy groups -OCH3 is 1. The first-order valence-electron chi connectivity index (χ1n) is 7.66. The lowest BCUT2D eigenvalue weighted by Gasteiger charge is -2.13. The number of hydrogen-bond acceptors (Lipinski definition) is 4. The van der Waals surface area contributed by atoms with Gasteiger partial charge in [-0.2, -0.15) is 0 Å². The van der Waals surface area contributed by atoms with Crippen LogP contribution < -0.4 is 19.5 Å². The van der Waals surface area contributed by atoms with Gasteiger partial charge >= 0.3 is 0 Å². The maximum absolute atomic E-state index is 12.8. The minimum absolute atomic E-state index is 0.157. The van der Waals surface area contributed by atoms with Crippen LogP contribution in [-0.4, -0.2) is 26.2 Å². The number of carbonyl (C=O) groups is 1. The van der Waals surface area contributed by atoms with Crippen molar-refractivity contribution in [2.75, 3.05) is 25.6 Å². The van der Waals surface area contributed by atoms with E-state index in [1.165, 1.54) is 0 Å². The van der Waals surface area contributed by atoms with Crippen molar-refractivity contribution in [3.8, 4) is 17.2 Å². The quantitative estimate of drug-likeness (QED) is 0.947. The van der Waals surface area contributed by atoms with E-state index in [0.717, 1.165) is 41.2 Å². The molecule has 1 N–H and O–H groups in total. The van der Waals surface area contributed by atoms with Crippen molar-refractivity contribution in [2.24, 2.45) is 0 Å². The Hall–Kier alpha value is -2.69. The topological polar surface area (TPSA) is 56.8 Å². The molecule has 5 nitrogen and oxygen atoms in total. The molecule has 1 amide bonds. The zero-order valence-corrected chi connectivity index (χ0v) is 12.8. The molecule has 2 aliphatic heterocycles. The molecule has 5 heteroatoms. The van der Waals surface area contributed by atoms with Crippen molar-refractivity contribution in [3.05, 3.63) is 47.0 Å². The molecule has 0 unspecified atom stereocenters. The van der Waals surface area contributed by atoms with Gasteiger partial charge in [0.25, 0.3) is 5.91 Å². The van der Waals surface area contributed by atoms with Crippen LogP contribution in [0.15, 0.2) is 30.3 Å². The zero-order chi connectivity index (χ0) is 15.8. The molecule has 0 aliphatic carbocycles. The molecule has 0 radical (unpaired) electrons. The van der Waals surface area contributed by atoms with Crippen LogP contribution in [0, 0.1) is 0 Å². The predicted octanol–water partition coefficient (Wildman–Crippen LogP) is 2.82. The number of ether oxygens (including phenoxy) is 3. The van der Waals surface area contributed by atoms with Gasteiger partial charge in [-0.05, 0) is 30.3 Å². The summed E-state index contributed by atoms with van der Waals surface area (Å²) in [6.07, 6.45) is 1.55. The number of fused-ring (bicyclic) bond motifs is 2. The van der Waals surface area contributed by atoms with E-state index in [-0.39, 0.29) is 5.91 Å². The minimum Gasteiger partial charge on any atom is -0.497 e. The van der Waals surface area contributed by atoms with Gasteiger partial charge in [0, 0.05) is 29.7 Å². The highest BCUT2D eigenvalue weighted by Crippen LogP contribution is 2.40. The molecule has 2 aliphatic rings. The smallest absolute Gasteiger partial charge is 0.259 e. The molecule has 0 spiro atoms. The fraction of sp³-hybridized carbons (Fsp3) is 0.278. The average molecular weight is 311 g/mol. The normalized spacial score (nSPS) is 14.5. The van der Waals surface area contributed by atoms with Gasteiger partial charge < -0.3 is 19.5 Å². The molecular weight excluding hydrogens is 294 g/mol. The molecule has 118 valence electrons. The van der Waals surface area contributed by atoms with Crippen molar-refractivity contribution in [3.63, 3.8) is 0 Å². The van der Waals surface area contributed by atoms with Crippen molar-refractivity contribution < 1.29 is 19.0 Å². The van der Waals surface area contributed by atoms with Crippen LogP contribution in [0.4, 0.5) is 5.69 Å². The number of hydrogen-bond donors (Lipinski definition) is 1.